The summed E-state index contributed by atoms with van der Waals surface area (Å²) in [6.07, 6.45) is 1.01. The Bertz CT molecular complexity index is 431. The second-order valence-corrected chi connectivity index (χ2v) is 5.81. The van der Waals surface area contributed by atoms with E-state index in [-0.39, 0.29) is 11.9 Å². The highest BCUT2D eigenvalue weighted by Gasteiger charge is 2.17. The minimum absolute atomic E-state index is 0.0806. The van der Waals surface area contributed by atoms with E-state index in [9.17, 15) is 4.79 Å². The van der Waals surface area contributed by atoms with Gasteiger partial charge >= 0.3 is 0 Å². The first kappa shape index (κ1) is 16.5. The summed E-state index contributed by atoms with van der Waals surface area (Å²) in [4.78, 5) is 14.1. The lowest BCUT2D eigenvalue weighted by molar-refractivity contribution is -0.125. The normalized spacial score (nSPS) is 12.7. The fourth-order valence-electron chi connectivity index (χ4n) is 1.95. The van der Waals surface area contributed by atoms with Crippen molar-refractivity contribution in [1.29, 1.82) is 0 Å². The van der Waals surface area contributed by atoms with Crippen molar-refractivity contribution in [3.63, 3.8) is 0 Å². The minimum atomic E-state index is -0.149. The summed E-state index contributed by atoms with van der Waals surface area (Å²) in [7, 11) is 1.95. The number of carbonyl (C=O) groups excluding carboxylic acids is 1. The number of nitrogens with two attached hydrogens (primary N) is 1. The van der Waals surface area contributed by atoms with E-state index < -0.39 is 0 Å². The van der Waals surface area contributed by atoms with Crippen LogP contribution in [0.5, 0.6) is 0 Å². The standard InChI is InChI=1S/C16H27N3O/c1-12(2)8-9-18-16(20)13(3)19(4)11-14-6-5-7-15(17)10-14/h5-7,10,12-13H,8-9,11,17H2,1-4H3,(H,18,20). The van der Waals surface area contributed by atoms with Gasteiger partial charge < -0.3 is 11.1 Å². The van der Waals surface area contributed by atoms with Crippen molar-refractivity contribution in [3.05, 3.63) is 29.8 Å². The summed E-state index contributed by atoms with van der Waals surface area (Å²) in [5.74, 6) is 0.688. The number of nitrogen functional groups attached to an aromatic ring is 1. The highest BCUT2D eigenvalue weighted by Crippen LogP contribution is 2.10. The topological polar surface area (TPSA) is 58.4 Å². The molecule has 0 saturated carbocycles. The molecule has 0 saturated heterocycles. The Balaban J connectivity index is 2.45. The van der Waals surface area contributed by atoms with Crippen LogP contribution in [0, 0.1) is 5.92 Å². The van der Waals surface area contributed by atoms with E-state index in [2.05, 4.69) is 19.2 Å². The van der Waals surface area contributed by atoms with Gasteiger partial charge in [0.25, 0.3) is 0 Å². The van der Waals surface area contributed by atoms with E-state index in [4.69, 9.17) is 5.73 Å². The number of nitrogens with one attached hydrogen (secondary N) is 1. The first-order valence-corrected chi connectivity index (χ1v) is 7.22. The summed E-state index contributed by atoms with van der Waals surface area (Å²) >= 11 is 0. The maximum atomic E-state index is 12.0. The zero-order valence-corrected chi connectivity index (χ0v) is 13.0. The molecular formula is C16H27N3O. The Morgan fingerprint density at radius 3 is 2.65 bits per heavy atom. The Hall–Kier alpha value is -1.55. The highest BCUT2D eigenvalue weighted by atomic mass is 16.2. The molecule has 4 heteroatoms. The SMILES string of the molecule is CC(C)CCNC(=O)C(C)N(C)Cc1cccc(N)c1. The molecule has 0 radical (unpaired) electrons. The number of likely N-dealkylation sites (N-methyl/N-ethyl adjacent to an activating group) is 1. The molecule has 3 N–H and O–H groups in total. The Morgan fingerprint density at radius 1 is 1.35 bits per heavy atom. The van der Waals surface area contributed by atoms with E-state index in [0.717, 1.165) is 24.2 Å². The fraction of sp³-hybridized carbons (Fsp3) is 0.562. The molecule has 0 aliphatic carbocycles. The van der Waals surface area contributed by atoms with Gasteiger partial charge in [-0.15, -0.1) is 0 Å². The summed E-state index contributed by atoms with van der Waals surface area (Å²) in [6.45, 7) is 7.69. The maximum Gasteiger partial charge on any atom is 0.237 e. The molecule has 0 aromatic heterocycles. The fourth-order valence-corrected chi connectivity index (χ4v) is 1.95. The van der Waals surface area contributed by atoms with E-state index in [1.165, 1.54) is 0 Å². The number of rotatable bonds is 7. The van der Waals surface area contributed by atoms with Crippen molar-refractivity contribution in [2.75, 3.05) is 19.3 Å². The molecule has 1 unspecified atom stereocenters. The Labute approximate surface area is 122 Å². The third-order valence-electron chi connectivity index (χ3n) is 3.44. The van der Waals surface area contributed by atoms with Gasteiger partial charge in [0.2, 0.25) is 5.91 Å². The van der Waals surface area contributed by atoms with Gasteiger partial charge in [0, 0.05) is 18.8 Å². The Morgan fingerprint density at radius 2 is 2.05 bits per heavy atom. The van der Waals surface area contributed by atoms with Crippen LogP contribution in [0.1, 0.15) is 32.8 Å². The smallest absolute Gasteiger partial charge is 0.237 e. The zero-order valence-electron chi connectivity index (χ0n) is 13.0. The summed E-state index contributed by atoms with van der Waals surface area (Å²) < 4.78 is 0. The number of hydrogen-bond donors (Lipinski definition) is 2. The molecule has 0 aliphatic rings. The molecule has 1 amide bonds. The van der Waals surface area contributed by atoms with Gasteiger partial charge in [-0.3, -0.25) is 9.69 Å². The van der Waals surface area contributed by atoms with Crippen molar-refractivity contribution in [2.24, 2.45) is 5.92 Å². The molecule has 0 bridgehead atoms. The summed E-state index contributed by atoms with van der Waals surface area (Å²) in [5.41, 5.74) is 7.64. The van der Waals surface area contributed by atoms with E-state index in [1.54, 1.807) is 0 Å². The summed E-state index contributed by atoms with van der Waals surface area (Å²) in [6, 6.07) is 7.62. The first-order chi connectivity index (χ1) is 9.40. The van der Waals surface area contributed by atoms with Gasteiger partial charge in [0.15, 0.2) is 0 Å². The number of carbonyl (C=O) groups is 1. The van der Waals surface area contributed by atoms with E-state index in [0.29, 0.717) is 12.5 Å². The molecule has 1 aromatic carbocycles. The predicted molar refractivity (Wildman–Crippen MR) is 84.2 cm³/mol. The number of anilines is 1. The lowest BCUT2D eigenvalue weighted by Gasteiger charge is -2.24. The lowest BCUT2D eigenvalue weighted by Crippen LogP contribution is -2.43. The second-order valence-electron chi connectivity index (χ2n) is 5.81. The molecule has 0 spiro atoms. The van der Waals surface area contributed by atoms with Crippen LogP contribution in [0.25, 0.3) is 0 Å². The molecule has 0 aliphatic heterocycles. The van der Waals surface area contributed by atoms with Crippen molar-refractivity contribution < 1.29 is 4.79 Å². The van der Waals surface area contributed by atoms with Crippen LogP contribution < -0.4 is 11.1 Å². The van der Waals surface area contributed by atoms with Crippen molar-refractivity contribution >= 4 is 11.6 Å². The summed E-state index contributed by atoms with van der Waals surface area (Å²) in [5, 5.41) is 2.99. The van der Waals surface area contributed by atoms with E-state index >= 15 is 0 Å². The van der Waals surface area contributed by atoms with Crippen molar-refractivity contribution in [1.82, 2.24) is 10.2 Å². The van der Waals surface area contributed by atoms with Crippen LogP contribution in [-0.2, 0) is 11.3 Å². The van der Waals surface area contributed by atoms with Crippen LogP contribution >= 0.6 is 0 Å². The number of amides is 1. The molecule has 112 valence electrons. The van der Waals surface area contributed by atoms with Gasteiger partial charge in [-0.1, -0.05) is 26.0 Å². The van der Waals surface area contributed by atoms with Crippen LogP contribution in [-0.4, -0.2) is 30.4 Å². The lowest BCUT2D eigenvalue weighted by atomic mass is 10.1. The predicted octanol–water partition coefficient (Wildman–Crippen LogP) is 2.25. The van der Waals surface area contributed by atoms with Gasteiger partial charge in [0.05, 0.1) is 6.04 Å². The first-order valence-electron chi connectivity index (χ1n) is 7.22. The third-order valence-corrected chi connectivity index (χ3v) is 3.44. The van der Waals surface area contributed by atoms with Crippen molar-refractivity contribution in [2.45, 2.75) is 39.8 Å². The zero-order chi connectivity index (χ0) is 15.1. The molecule has 1 aromatic rings. The number of nitrogens with zero attached hydrogens (tertiary/aromatic N) is 1. The average Bonchev–Trinajstić information content (AvgIpc) is 2.37. The molecule has 4 nitrogen and oxygen atoms in total. The van der Waals surface area contributed by atoms with Gasteiger partial charge in [0.1, 0.15) is 0 Å². The largest absolute Gasteiger partial charge is 0.399 e. The van der Waals surface area contributed by atoms with Gasteiger partial charge in [-0.05, 0) is 44.0 Å². The van der Waals surface area contributed by atoms with Crippen LogP contribution in [0.3, 0.4) is 0 Å². The second kappa shape index (κ2) is 7.90. The molecule has 20 heavy (non-hydrogen) atoms. The van der Waals surface area contributed by atoms with Crippen LogP contribution in [0.2, 0.25) is 0 Å². The quantitative estimate of drug-likeness (QED) is 0.752. The monoisotopic (exact) mass is 277 g/mol. The van der Waals surface area contributed by atoms with Gasteiger partial charge in [-0.25, -0.2) is 0 Å². The maximum absolute atomic E-state index is 12.0. The van der Waals surface area contributed by atoms with Crippen LogP contribution in [0.15, 0.2) is 24.3 Å². The number of benzene rings is 1. The Kier molecular flexibility index (Phi) is 6.52. The van der Waals surface area contributed by atoms with Crippen molar-refractivity contribution in [3.8, 4) is 0 Å². The van der Waals surface area contributed by atoms with E-state index in [1.807, 2.05) is 43.1 Å². The molecule has 0 fully saturated rings. The molecule has 0 heterocycles. The number of hydrogen-bond acceptors (Lipinski definition) is 3. The highest BCUT2D eigenvalue weighted by molar-refractivity contribution is 5.81. The average molecular weight is 277 g/mol. The molecular weight excluding hydrogens is 250 g/mol. The molecule has 1 atom stereocenters. The minimum Gasteiger partial charge on any atom is -0.399 e. The third kappa shape index (κ3) is 5.61. The van der Waals surface area contributed by atoms with Crippen LogP contribution in [0.4, 0.5) is 5.69 Å². The van der Waals surface area contributed by atoms with Gasteiger partial charge in [-0.2, -0.15) is 0 Å². The molecule has 1 rings (SSSR count).